The molecule has 3 aliphatic heterocycles. The molecule has 0 bridgehead atoms. The number of hydrogen-bond donors (Lipinski definition) is 0. The molecule has 0 atom stereocenters. The van der Waals surface area contributed by atoms with Gasteiger partial charge in [-0.25, -0.2) is 0 Å². The van der Waals surface area contributed by atoms with Gasteiger partial charge in [0, 0.05) is 6.07 Å². The number of benzene rings is 2. The van der Waals surface area contributed by atoms with Crippen LogP contribution < -0.4 is 33.9 Å². The van der Waals surface area contributed by atoms with Crippen LogP contribution in [0, 0.1) is 0 Å². The van der Waals surface area contributed by atoms with E-state index < -0.39 is 18.3 Å². The smallest absolute Gasteiger partial charge is 0.494 e. The van der Waals surface area contributed by atoms with Gasteiger partial charge in [0.05, 0.1) is 29.9 Å². The Balaban J connectivity index is 0.000000195. The summed E-state index contributed by atoms with van der Waals surface area (Å²) in [7, 11) is -0.534. The van der Waals surface area contributed by atoms with Gasteiger partial charge in [-0.1, -0.05) is 26.7 Å². The Morgan fingerprint density at radius 1 is 0.730 bits per heavy atom. The van der Waals surface area contributed by atoms with Gasteiger partial charge >= 0.3 is 7.12 Å². The topological polar surface area (TPSA) is 73.8 Å². The Hall–Kier alpha value is -2.78. The Labute approximate surface area is 220 Å². The molecule has 37 heavy (non-hydrogen) atoms. The van der Waals surface area contributed by atoms with Crippen LogP contribution in [0.2, 0.25) is 0 Å². The molecule has 2 aromatic rings. The molecule has 0 aromatic heterocycles. The molecule has 202 valence electrons. The van der Waals surface area contributed by atoms with Gasteiger partial charge in [-0.05, 0) is 64.8 Å². The maximum Gasteiger partial charge on any atom is 0.502 e. The molecular formula is C28H39BO8. The highest BCUT2D eigenvalue weighted by atomic mass is 16.7. The second-order valence-electron chi connectivity index (χ2n) is 10.2. The van der Waals surface area contributed by atoms with E-state index in [1.807, 2.05) is 58.0 Å². The van der Waals surface area contributed by atoms with Crippen LogP contribution in [0.5, 0.6) is 34.5 Å². The Morgan fingerprint density at radius 2 is 1.32 bits per heavy atom. The van der Waals surface area contributed by atoms with Crippen molar-refractivity contribution in [1.29, 1.82) is 0 Å². The Morgan fingerprint density at radius 3 is 2.03 bits per heavy atom. The zero-order valence-corrected chi connectivity index (χ0v) is 22.9. The minimum absolute atomic E-state index is 0.209. The lowest BCUT2D eigenvalue weighted by molar-refractivity contribution is 0.00578. The standard InChI is InChI=1S/C17H25BO5.C11H14O3/c1-6-7-10-19-12-8-9-13-15(21-11-20-13)14(12)18-22-16(2,3)17(4,5)23-18;1-2-3-6-12-9-4-5-10-11(7-9)14-8-13-10/h8-9H,6-7,10-11H2,1-5H3;4-5,7H,2-3,6,8H2,1H3. The van der Waals surface area contributed by atoms with Gasteiger partial charge in [0.1, 0.15) is 11.5 Å². The highest BCUT2D eigenvalue weighted by Gasteiger charge is 2.54. The van der Waals surface area contributed by atoms with Crippen LogP contribution in [0.25, 0.3) is 0 Å². The molecule has 1 saturated heterocycles. The highest BCUT2D eigenvalue weighted by Crippen LogP contribution is 2.41. The lowest BCUT2D eigenvalue weighted by Gasteiger charge is -2.32. The summed E-state index contributed by atoms with van der Waals surface area (Å²) in [4.78, 5) is 0. The molecule has 9 heteroatoms. The van der Waals surface area contributed by atoms with Gasteiger partial charge in [-0.15, -0.1) is 0 Å². The summed E-state index contributed by atoms with van der Waals surface area (Å²) in [5.74, 6) is 4.53. The number of rotatable bonds is 9. The normalized spacial score (nSPS) is 17.8. The molecule has 3 heterocycles. The van der Waals surface area contributed by atoms with Crippen LogP contribution in [0.1, 0.15) is 67.2 Å². The Kier molecular flexibility index (Phi) is 8.65. The van der Waals surface area contributed by atoms with Crippen LogP contribution in [0.4, 0.5) is 0 Å². The van der Waals surface area contributed by atoms with Crippen molar-refractivity contribution in [3.05, 3.63) is 30.3 Å². The molecule has 0 amide bonds. The SMILES string of the molecule is CCCCOc1ccc2c(c1)OCO2.CCCCOc1ccc2c(c1B1OC(C)(C)C(C)(C)O1)OCO2. The second kappa shape index (κ2) is 11.7. The van der Waals surface area contributed by atoms with Crippen molar-refractivity contribution < 1.29 is 37.7 Å². The van der Waals surface area contributed by atoms with Crippen LogP contribution in [-0.4, -0.2) is 45.1 Å². The zero-order valence-electron chi connectivity index (χ0n) is 22.9. The van der Waals surface area contributed by atoms with E-state index in [0.29, 0.717) is 24.9 Å². The fourth-order valence-corrected chi connectivity index (χ4v) is 3.91. The van der Waals surface area contributed by atoms with Crippen LogP contribution in [-0.2, 0) is 9.31 Å². The van der Waals surface area contributed by atoms with Gasteiger partial charge in [0.25, 0.3) is 0 Å². The van der Waals surface area contributed by atoms with E-state index in [0.717, 1.165) is 60.8 Å². The quantitative estimate of drug-likeness (QED) is 0.322. The van der Waals surface area contributed by atoms with E-state index in [9.17, 15) is 0 Å². The van der Waals surface area contributed by atoms with E-state index >= 15 is 0 Å². The van der Waals surface area contributed by atoms with Gasteiger partial charge in [-0.3, -0.25) is 0 Å². The third kappa shape index (κ3) is 6.21. The molecule has 0 unspecified atom stereocenters. The molecule has 1 fully saturated rings. The summed E-state index contributed by atoms with van der Waals surface area (Å²) in [5.41, 5.74) is -0.0455. The van der Waals surface area contributed by atoms with Gasteiger partial charge in [0.15, 0.2) is 23.0 Å². The first-order valence-corrected chi connectivity index (χ1v) is 13.2. The lowest BCUT2D eigenvalue weighted by atomic mass is 9.77. The first-order chi connectivity index (χ1) is 17.8. The summed E-state index contributed by atoms with van der Waals surface area (Å²) in [6.07, 6.45) is 4.30. The van der Waals surface area contributed by atoms with E-state index in [1.165, 1.54) is 0 Å². The zero-order chi connectivity index (χ0) is 26.5. The monoisotopic (exact) mass is 514 g/mol. The highest BCUT2D eigenvalue weighted by molar-refractivity contribution is 6.64. The molecule has 2 aromatic carbocycles. The van der Waals surface area contributed by atoms with Crippen molar-refractivity contribution in [2.75, 3.05) is 26.8 Å². The number of fused-ring (bicyclic) bond motifs is 2. The summed E-state index contributed by atoms with van der Waals surface area (Å²) in [5, 5.41) is 0. The molecule has 5 rings (SSSR count). The molecule has 0 saturated carbocycles. The predicted octanol–water partition coefficient (Wildman–Crippen LogP) is 5.49. The maximum atomic E-state index is 6.18. The number of ether oxygens (including phenoxy) is 6. The third-order valence-corrected chi connectivity index (χ3v) is 6.89. The van der Waals surface area contributed by atoms with E-state index in [2.05, 4.69) is 13.8 Å². The van der Waals surface area contributed by atoms with Crippen LogP contribution in [0.15, 0.2) is 30.3 Å². The minimum Gasteiger partial charge on any atom is -0.494 e. The third-order valence-electron chi connectivity index (χ3n) is 6.89. The Bertz CT molecular complexity index is 1040. The first-order valence-electron chi connectivity index (χ1n) is 13.2. The van der Waals surface area contributed by atoms with Crippen LogP contribution >= 0.6 is 0 Å². The molecule has 0 aliphatic carbocycles. The van der Waals surface area contributed by atoms with Gasteiger partial charge in [0.2, 0.25) is 13.6 Å². The molecular weight excluding hydrogens is 475 g/mol. The van der Waals surface area contributed by atoms with Gasteiger partial charge < -0.3 is 37.7 Å². The summed E-state index contributed by atoms with van der Waals surface area (Å²) >= 11 is 0. The van der Waals surface area contributed by atoms with Crippen molar-refractivity contribution in [2.24, 2.45) is 0 Å². The van der Waals surface area contributed by atoms with Crippen molar-refractivity contribution in [3.8, 4) is 34.5 Å². The molecule has 0 radical (unpaired) electrons. The average molecular weight is 514 g/mol. The largest absolute Gasteiger partial charge is 0.502 e. The molecule has 3 aliphatic rings. The fraction of sp³-hybridized carbons (Fsp3) is 0.571. The van der Waals surface area contributed by atoms with Crippen molar-refractivity contribution in [2.45, 2.75) is 78.4 Å². The lowest BCUT2D eigenvalue weighted by Crippen LogP contribution is -2.41. The summed E-state index contributed by atoms with van der Waals surface area (Å²) in [6.45, 7) is 14.3. The maximum absolute atomic E-state index is 6.18. The molecule has 0 spiro atoms. The van der Waals surface area contributed by atoms with Crippen molar-refractivity contribution in [3.63, 3.8) is 0 Å². The fourth-order valence-electron chi connectivity index (χ4n) is 3.91. The van der Waals surface area contributed by atoms with E-state index in [4.69, 9.17) is 37.7 Å². The number of hydrogen-bond acceptors (Lipinski definition) is 8. The predicted molar refractivity (Wildman–Crippen MR) is 142 cm³/mol. The second-order valence-corrected chi connectivity index (χ2v) is 10.2. The summed E-state index contributed by atoms with van der Waals surface area (Å²) in [6, 6.07) is 9.44. The van der Waals surface area contributed by atoms with Crippen LogP contribution in [0.3, 0.4) is 0 Å². The summed E-state index contributed by atoms with van der Waals surface area (Å²) < 4.78 is 45.5. The minimum atomic E-state index is -0.534. The molecule has 0 N–H and O–H groups in total. The van der Waals surface area contributed by atoms with Crippen molar-refractivity contribution >= 4 is 12.6 Å². The van der Waals surface area contributed by atoms with Crippen molar-refractivity contribution in [1.82, 2.24) is 0 Å². The van der Waals surface area contributed by atoms with Gasteiger partial charge in [-0.2, -0.15) is 0 Å². The van der Waals surface area contributed by atoms with E-state index in [-0.39, 0.29) is 6.79 Å². The molecule has 8 nitrogen and oxygen atoms in total. The van der Waals surface area contributed by atoms with E-state index in [1.54, 1.807) is 0 Å². The first kappa shape index (κ1) is 27.3. The number of unbranched alkanes of at least 4 members (excludes halogenated alkanes) is 2. The average Bonchev–Trinajstić information content (AvgIpc) is 3.57.